The molecule has 1 N–H and O–H groups in total. The van der Waals surface area contributed by atoms with Gasteiger partial charge in [-0.2, -0.15) is 0 Å². The molecule has 0 unspecified atom stereocenters. The van der Waals surface area contributed by atoms with Crippen LogP contribution in [0.25, 0.3) is 0 Å². The second kappa shape index (κ2) is 8.15. The topological polar surface area (TPSA) is 55.4 Å². The molecule has 0 atom stereocenters. The molecule has 0 bridgehead atoms. The van der Waals surface area contributed by atoms with Crippen molar-refractivity contribution < 1.29 is 14.3 Å². The third kappa shape index (κ3) is 4.69. The van der Waals surface area contributed by atoms with Gasteiger partial charge < -0.3 is 10.1 Å². The quantitative estimate of drug-likeness (QED) is 0.487. The van der Waals surface area contributed by atoms with Crippen molar-refractivity contribution in [2.75, 3.05) is 11.9 Å². The van der Waals surface area contributed by atoms with Gasteiger partial charge in [-0.05, 0) is 43.3 Å². The van der Waals surface area contributed by atoms with E-state index in [4.69, 9.17) is 16.3 Å². The van der Waals surface area contributed by atoms with E-state index in [0.29, 0.717) is 28.4 Å². The first kappa shape index (κ1) is 16.8. The highest BCUT2D eigenvalue weighted by atomic mass is 35.5. The van der Waals surface area contributed by atoms with Crippen LogP contribution in [-0.2, 0) is 4.74 Å². The SMILES string of the molecule is CCOC(=O)c1ccccc1NC=CC(=O)c1ccc(Cl)cc1. The van der Waals surface area contributed by atoms with E-state index >= 15 is 0 Å². The van der Waals surface area contributed by atoms with Crippen LogP contribution in [0, 0.1) is 0 Å². The van der Waals surface area contributed by atoms with Crippen molar-refractivity contribution in [3.8, 4) is 0 Å². The number of carbonyl (C=O) groups excluding carboxylic acids is 2. The van der Waals surface area contributed by atoms with Crippen LogP contribution in [-0.4, -0.2) is 18.4 Å². The molecule has 5 heteroatoms. The first-order valence-corrected chi connectivity index (χ1v) is 7.48. The molecule has 0 amide bonds. The first-order chi connectivity index (χ1) is 11.1. The lowest BCUT2D eigenvalue weighted by atomic mass is 10.1. The Morgan fingerprint density at radius 1 is 1.13 bits per heavy atom. The Balaban J connectivity index is 2.07. The van der Waals surface area contributed by atoms with Crippen molar-refractivity contribution in [2.24, 2.45) is 0 Å². The minimum atomic E-state index is -0.409. The molecule has 2 rings (SSSR count). The summed E-state index contributed by atoms with van der Waals surface area (Å²) in [6.07, 6.45) is 2.89. The smallest absolute Gasteiger partial charge is 0.340 e. The van der Waals surface area contributed by atoms with Crippen molar-refractivity contribution >= 4 is 29.0 Å². The largest absolute Gasteiger partial charge is 0.462 e. The summed E-state index contributed by atoms with van der Waals surface area (Å²) in [6, 6.07) is 13.6. The fraction of sp³-hybridized carbons (Fsp3) is 0.111. The van der Waals surface area contributed by atoms with Gasteiger partial charge in [-0.1, -0.05) is 23.7 Å². The van der Waals surface area contributed by atoms with Crippen molar-refractivity contribution in [1.29, 1.82) is 0 Å². The summed E-state index contributed by atoms with van der Waals surface area (Å²) in [7, 11) is 0. The van der Waals surface area contributed by atoms with Crippen molar-refractivity contribution in [3.05, 3.63) is 77.0 Å². The molecule has 0 aliphatic heterocycles. The number of ether oxygens (including phenoxy) is 1. The molecule has 0 aliphatic carbocycles. The highest BCUT2D eigenvalue weighted by molar-refractivity contribution is 6.30. The Labute approximate surface area is 139 Å². The van der Waals surface area contributed by atoms with Gasteiger partial charge in [0.25, 0.3) is 0 Å². The summed E-state index contributed by atoms with van der Waals surface area (Å²) in [5.74, 6) is -0.573. The van der Waals surface area contributed by atoms with Gasteiger partial charge in [0.2, 0.25) is 0 Å². The normalized spacial score (nSPS) is 10.5. The van der Waals surface area contributed by atoms with Gasteiger partial charge in [0.15, 0.2) is 5.78 Å². The van der Waals surface area contributed by atoms with Crippen LogP contribution in [0.3, 0.4) is 0 Å². The van der Waals surface area contributed by atoms with Crippen LogP contribution in [0.1, 0.15) is 27.6 Å². The average molecular weight is 330 g/mol. The number of hydrogen-bond acceptors (Lipinski definition) is 4. The monoisotopic (exact) mass is 329 g/mol. The number of benzene rings is 2. The molecule has 0 aliphatic rings. The predicted octanol–water partition coefficient (Wildman–Crippen LogP) is 4.33. The maximum absolute atomic E-state index is 12.0. The fourth-order valence-corrected chi connectivity index (χ4v) is 2.04. The molecule has 2 aromatic rings. The average Bonchev–Trinajstić information content (AvgIpc) is 2.56. The summed E-state index contributed by atoms with van der Waals surface area (Å²) in [5.41, 5.74) is 1.52. The van der Waals surface area contributed by atoms with E-state index in [0.717, 1.165) is 0 Å². The van der Waals surface area contributed by atoms with Crippen molar-refractivity contribution in [3.63, 3.8) is 0 Å². The van der Waals surface area contributed by atoms with Crippen molar-refractivity contribution in [2.45, 2.75) is 6.92 Å². The van der Waals surface area contributed by atoms with Gasteiger partial charge in [0.05, 0.1) is 17.9 Å². The van der Waals surface area contributed by atoms with Crippen molar-refractivity contribution in [1.82, 2.24) is 0 Å². The van der Waals surface area contributed by atoms with E-state index in [2.05, 4.69) is 5.32 Å². The molecular formula is C18H16ClNO3. The standard InChI is InChI=1S/C18H16ClNO3/c1-2-23-18(22)15-5-3-4-6-16(15)20-12-11-17(21)13-7-9-14(19)10-8-13/h3-12,20H,2H2,1H3. The second-order valence-corrected chi connectivity index (χ2v) is 5.05. The molecule has 0 fully saturated rings. The van der Waals surface area contributed by atoms with Crippen LogP contribution >= 0.6 is 11.6 Å². The zero-order valence-corrected chi connectivity index (χ0v) is 13.3. The summed E-state index contributed by atoms with van der Waals surface area (Å²) in [4.78, 5) is 23.9. The summed E-state index contributed by atoms with van der Waals surface area (Å²) < 4.78 is 4.99. The number of halogens is 1. The predicted molar refractivity (Wildman–Crippen MR) is 90.9 cm³/mol. The maximum atomic E-state index is 12.0. The van der Waals surface area contributed by atoms with Crippen LogP contribution in [0.4, 0.5) is 5.69 Å². The Hall–Kier alpha value is -2.59. The lowest BCUT2D eigenvalue weighted by molar-refractivity contribution is 0.0527. The Morgan fingerprint density at radius 3 is 2.52 bits per heavy atom. The number of para-hydroxylation sites is 1. The highest BCUT2D eigenvalue weighted by Gasteiger charge is 2.10. The zero-order chi connectivity index (χ0) is 16.7. The van der Waals surface area contributed by atoms with Crippen LogP contribution in [0.5, 0.6) is 0 Å². The molecule has 0 saturated heterocycles. The molecule has 23 heavy (non-hydrogen) atoms. The minimum Gasteiger partial charge on any atom is -0.462 e. The van der Waals surface area contributed by atoms with Gasteiger partial charge in [0, 0.05) is 22.9 Å². The van der Waals surface area contributed by atoms with E-state index in [9.17, 15) is 9.59 Å². The highest BCUT2D eigenvalue weighted by Crippen LogP contribution is 2.16. The third-order valence-electron chi connectivity index (χ3n) is 3.02. The van der Waals surface area contributed by atoms with Gasteiger partial charge in [-0.25, -0.2) is 4.79 Å². The summed E-state index contributed by atoms with van der Waals surface area (Å²) in [5, 5.41) is 3.51. The van der Waals surface area contributed by atoms with Gasteiger partial charge in [0.1, 0.15) is 0 Å². The van der Waals surface area contributed by atoms with Crippen LogP contribution in [0.2, 0.25) is 5.02 Å². The molecule has 0 spiro atoms. The molecule has 2 aromatic carbocycles. The van der Waals surface area contributed by atoms with E-state index in [-0.39, 0.29) is 5.78 Å². The van der Waals surface area contributed by atoms with E-state index in [1.165, 1.54) is 12.3 Å². The Bertz CT molecular complexity index is 723. The molecule has 4 nitrogen and oxygen atoms in total. The molecule has 0 aromatic heterocycles. The zero-order valence-electron chi connectivity index (χ0n) is 12.6. The van der Waals surface area contributed by atoms with Crippen LogP contribution in [0.15, 0.2) is 60.8 Å². The Morgan fingerprint density at radius 2 is 1.83 bits per heavy atom. The van der Waals surface area contributed by atoms with Gasteiger partial charge in [-0.15, -0.1) is 0 Å². The van der Waals surface area contributed by atoms with Gasteiger partial charge in [-0.3, -0.25) is 4.79 Å². The molecule has 0 radical (unpaired) electrons. The van der Waals surface area contributed by atoms with Gasteiger partial charge >= 0.3 is 5.97 Å². The maximum Gasteiger partial charge on any atom is 0.340 e. The lowest BCUT2D eigenvalue weighted by Crippen LogP contribution is -2.07. The number of carbonyl (C=O) groups is 2. The van der Waals surface area contributed by atoms with E-state index < -0.39 is 5.97 Å². The molecular weight excluding hydrogens is 314 g/mol. The summed E-state index contributed by atoms with van der Waals surface area (Å²) >= 11 is 5.79. The van der Waals surface area contributed by atoms with Crippen LogP contribution < -0.4 is 5.32 Å². The number of hydrogen-bond donors (Lipinski definition) is 1. The molecule has 118 valence electrons. The lowest BCUT2D eigenvalue weighted by Gasteiger charge is -2.08. The summed E-state index contributed by atoms with van der Waals surface area (Å²) in [6.45, 7) is 2.05. The molecule has 0 heterocycles. The molecule has 0 saturated carbocycles. The number of esters is 1. The third-order valence-corrected chi connectivity index (χ3v) is 3.28. The number of ketones is 1. The number of rotatable bonds is 6. The second-order valence-electron chi connectivity index (χ2n) is 4.61. The van der Waals surface area contributed by atoms with E-state index in [1.807, 2.05) is 0 Å². The number of allylic oxidation sites excluding steroid dienone is 1. The number of nitrogens with one attached hydrogen (secondary N) is 1. The fourth-order valence-electron chi connectivity index (χ4n) is 1.91. The minimum absolute atomic E-state index is 0.164. The van der Waals surface area contributed by atoms with E-state index in [1.54, 1.807) is 55.5 Å². The first-order valence-electron chi connectivity index (χ1n) is 7.11. The Kier molecular flexibility index (Phi) is 5.94. The number of anilines is 1.